The number of rotatable bonds is 5. The molecular weight excluding hydrogens is 361 g/mol. The minimum atomic E-state index is -1.49. The van der Waals surface area contributed by atoms with Gasteiger partial charge in [-0.25, -0.2) is 22.9 Å². The van der Waals surface area contributed by atoms with Crippen molar-refractivity contribution in [2.24, 2.45) is 0 Å². The van der Waals surface area contributed by atoms with Gasteiger partial charge in [0.05, 0.1) is 7.11 Å². The van der Waals surface area contributed by atoms with Gasteiger partial charge in [0, 0.05) is 11.8 Å². The molecule has 0 unspecified atom stereocenters. The molecule has 1 heterocycles. The fourth-order valence-electron chi connectivity index (χ4n) is 2.51. The third-order valence-electron chi connectivity index (χ3n) is 3.82. The summed E-state index contributed by atoms with van der Waals surface area (Å²) in [7, 11) is 1.41. The quantitative estimate of drug-likeness (QED) is 0.638. The number of benzene rings is 2. The highest BCUT2D eigenvalue weighted by Crippen LogP contribution is 2.34. The number of methoxy groups -OCH3 is 1. The average Bonchev–Trinajstić information content (AvgIpc) is 2.68. The van der Waals surface area contributed by atoms with E-state index in [4.69, 9.17) is 9.84 Å². The molecule has 0 fully saturated rings. The lowest BCUT2D eigenvalue weighted by molar-refractivity contribution is 0.0697. The molecule has 0 radical (unpaired) electrons. The second kappa shape index (κ2) is 7.36. The maximum absolute atomic E-state index is 14.6. The van der Waals surface area contributed by atoms with E-state index in [-0.39, 0.29) is 22.5 Å². The van der Waals surface area contributed by atoms with Gasteiger partial charge >= 0.3 is 5.97 Å². The molecule has 2 N–H and O–H groups in total. The molecule has 2 aromatic carbocycles. The molecule has 0 aliphatic carbocycles. The molecule has 0 amide bonds. The van der Waals surface area contributed by atoms with E-state index in [0.29, 0.717) is 5.75 Å². The topological polar surface area (TPSA) is 71.5 Å². The molecule has 0 bridgehead atoms. The minimum Gasteiger partial charge on any atom is -0.497 e. The third-order valence-corrected chi connectivity index (χ3v) is 3.82. The molecule has 0 saturated carbocycles. The highest BCUT2D eigenvalue weighted by molar-refractivity contribution is 5.94. The van der Waals surface area contributed by atoms with Crippen LogP contribution in [-0.4, -0.2) is 23.2 Å². The molecule has 0 aliphatic heterocycles. The van der Waals surface area contributed by atoms with E-state index in [9.17, 15) is 18.0 Å². The number of anilines is 2. The van der Waals surface area contributed by atoms with E-state index in [1.54, 1.807) is 12.1 Å². The Bertz CT molecular complexity index is 1030. The maximum Gasteiger partial charge on any atom is 0.339 e. The van der Waals surface area contributed by atoms with Crippen molar-refractivity contribution in [3.8, 4) is 16.9 Å². The van der Waals surface area contributed by atoms with Crippen LogP contribution >= 0.6 is 0 Å². The molecule has 0 aliphatic rings. The van der Waals surface area contributed by atoms with Crippen LogP contribution in [0.3, 0.4) is 0 Å². The largest absolute Gasteiger partial charge is 0.497 e. The first-order chi connectivity index (χ1) is 12.9. The van der Waals surface area contributed by atoms with Gasteiger partial charge in [-0.2, -0.15) is 0 Å². The second-order valence-electron chi connectivity index (χ2n) is 5.47. The molecule has 0 spiro atoms. The number of halogens is 3. The SMILES string of the molecule is COc1cccc(-c2cc(F)c(Nc3ncccc3C(=O)O)c(F)c2F)c1. The van der Waals surface area contributed by atoms with Gasteiger partial charge in [-0.15, -0.1) is 0 Å². The van der Waals surface area contributed by atoms with Gasteiger partial charge in [-0.05, 0) is 35.9 Å². The Kier molecular flexibility index (Phi) is 4.98. The van der Waals surface area contributed by atoms with E-state index < -0.39 is 29.1 Å². The molecule has 1 aromatic heterocycles. The lowest BCUT2D eigenvalue weighted by atomic mass is 10.0. The molecular formula is C19H13F3N2O3. The lowest BCUT2D eigenvalue weighted by Gasteiger charge is -2.13. The maximum atomic E-state index is 14.6. The van der Waals surface area contributed by atoms with E-state index in [0.717, 1.165) is 6.07 Å². The first-order valence-electron chi connectivity index (χ1n) is 7.69. The molecule has 27 heavy (non-hydrogen) atoms. The van der Waals surface area contributed by atoms with E-state index in [1.807, 2.05) is 0 Å². The smallest absolute Gasteiger partial charge is 0.339 e. The molecule has 3 aromatic rings. The van der Waals surface area contributed by atoms with Crippen LogP contribution in [0.25, 0.3) is 11.1 Å². The second-order valence-corrected chi connectivity index (χ2v) is 5.47. The van der Waals surface area contributed by atoms with E-state index in [2.05, 4.69) is 10.3 Å². The van der Waals surface area contributed by atoms with E-state index >= 15 is 0 Å². The third kappa shape index (κ3) is 3.55. The Balaban J connectivity index is 2.07. The van der Waals surface area contributed by atoms with Crippen molar-refractivity contribution in [3.05, 3.63) is 71.7 Å². The highest BCUT2D eigenvalue weighted by Gasteiger charge is 2.22. The zero-order valence-corrected chi connectivity index (χ0v) is 14.0. The number of aromatic nitrogens is 1. The number of pyridine rings is 1. The number of hydrogen-bond acceptors (Lipinski definition) is 4. The number of nitrogens with one attached hydrogen (secondary N) is 1. The van der Waals surface area contributed by atoms with Crippen LogP contribution in [0.2, 0.25) is 0 Å². The Morgan fingerprint density at radius 3 is 2.59 bits per heavy atom. The van der Waals surface area contributed by atoms with Crippen LogP contribution < -0.4 is 10.1 Å². The van der Waals surface area contributed by atoms with E-state index in [1.165, 1.54) is 37.6 Å². The van der Waals surface area contributed by atoms with Crippen LogP contribution in [0, 0.1) is 17.5 Å². The Labute approximate surface area is 152 Å². The molecule has 3 rings (SSSR count). The van der Waals surface area contributed by atoms with Crippen LogP contribution in [0.15, 0.2) is 48.7 Å². The van der Waals surface area contributed by atoms with Crippen molar-refractivity contribution >= 4 is 17.5 Å². The van der Waals surface area contributed by atoms with Crippen LogP contribution in [-0.2, 0) is 0 Å². The Hall–Kier alpha value is -3.55. The lowest BCUT2D eigenvalue weighted by Crippen LogP contribution is -2.08. The average molecular weight is 374 g/mol. The predicted octanol–water partition coefficient (Wildman–Crippen LogP) is 4.62. The fourth-order valence-corrected chi connectivity index (χ4v) is 2.51. The summed E-state index contributed by atoms with van der Waals surface area (Å²) in [4.78, 5) is 14.9. The summed E-state index contributed by atoms with van der Waals surface area (Å²) >= 11 is 0. The number of nitrogens with zero attached hydrogens (tertiary/aromatic N) is 1. The first-order valence-corrected chi connectivity index (χ1v) is 7.69. The zero-order chi connectivity index (χ0) is 19.6. The number of carbonyl (C=O) groups is 1. The summed E-state index contributed by atoms with van der Waals surface area (Å²) in [6.45, 7) is 0. The van der Waals surface area contributed by atoms with Gasteiger partial charge in [0.15, 0.2) is 17.5 Å². The number of hydrogen-bond donors (Lipinski definition) is 2. The van der Waals surface area contributed by atoms with Crippen molar-refractivity contribution < 1.29 is 27.8 Å². The number of carboxylic acids is 1. The fraction of sp³-hybridized carbons (Fsp3) is 0.0526. The first kappa shape index (κ1) is 18.2. The summed E-state index contributed by atoms with van der Waals surface area (Å²) in [5, 5.41) is 11.4. The molecule has 8 heteroatoms. The van der Waals surface area contributed by atoms with Gasteiger partial charge in [-0.3, -0.25) is 0 Å². The summed E-state index contributed by atoms with van der Waals surface area (Å²) in [6.07, 6.45) is 1.24. The van der Waals surface area contributed by atoms with Gasteiger partial charge in [-0.1, -0.05) is 12.1 Å². The number of ether oxygens (including phenoxy) is 1. The Morgan fingerprint density at radius 1 is 1.11 bits per heavy atom. The number of carboxylic acid groups (broad SMARTS) is 1. The van der Waals surface area contributed by atoms with Gasteiger partial charge in [0.25, 0.3) is 0 Å². The van der Waals surface area contributed by atoms with Crippen molar-refractivity contribution in [3.63, 3.8) is 0 Å². The predicted molar refractivity (Wildman–Crippen MR) is 92.8 cm³/mol. The van der Waals surface area contributed by atoms with Crippen LogP contribution in [0.4, 0.5) is 24.7 Å². The zero-order valence-electron chi connectivity index (χ0n) is 14.0. The summed E-state index contributed by atoms with van der Waals surface area (Å²) in [5.74, 6) is -5.14. The van der Waals surface area contributed by atoms with Gasteiger partial charge in [0.2, 0.25) is 0 Å². The number of aromatic carboxylic acids is 1. The normalized spacial score (nSPS) is 10.5. The van der Waals surface area contributed by atoms with Crippen molar-refractivity contribution in [2.75, 3.05) is 12.4 Å². The van der Waals surface area contributed by atoms with Crippen molar-refractivity contribution in [1.29, 1.82) is 0 Å². The molecule has 0 atom stereocenters. The summed E-state index contributed by atoms with van der Waals surface area (Å²) < 4.78 is 48.6. The van der Waals surface area contributed by atoms with Crippen LogP contribution in [0.5, 0.6) is 5.75 Å². The molecule has 138 valence electrons. The van der Waals surface area contributed by atoms with Crippen molar-refractivity contribution in [2.45, 2.75) is 0 Å². The standard InChI is InChI=1S/C19H13F3N2O3/c1-27-11-5-2-4-10(8-11)13-9-14(20)17(16(22)15(13)21)24-18-12(19(25)26)6-3-7-23-18/h2-9H,1H3,(H,23,24)(H,25,26). The minimum absolute atomic E-state index is 0.222. The van der Waals surface area contributed by atoms with Gasteiger partial charge in [0.1, 0.15) is 22.8 Å². The summed E-state index contributed by atoms with van der Waals surface area (Å²) in [5.41, 5.74) is -1.22. The highest BCUT2D eigenvalue weighted by atomic mass is 19.2. The monoisotopic (exact) mass is 374 g/mol. The summed E-state index contributed by atoms with van der Waals surface area (Å²) in [6, 6.07) is 9.46. The van der Waals surface area contributed by atoms with Crippen molar-refractivity contribution in [1.82, 2.24) is 4.98 Å². The molecule has 5 nitrogen and oxygen atoms in total. The van der Waals surface area contributed by atoms with Gasteiger partial charge < -0.3 is 15.2 Å². The van der Waals surface area contributed by atoms with Crippen LogP contribution in [0.1, 0.15) is 10.4 Å². The Morgan fingerprint density at radius 2 is 1.89 bits per heavy atom. The molecule has 0 saturated heterocycles.